The number of para-hydroxylation sites is 2. The summed E-state index contributed by atoms with van der Waals surface area (Å²) in [6, 6.07) is 11.4. The van der Waals surface area contributed by atoms with Crippen LogP contribution in [0.1, 0.15) is 29.6 Å². The lowest BCUT2D eigenvalue weighted by atomic mass is 10.1. The van der Waals surface area contributed by atoms with E-state index >= 15 is 0 Å². The zero-order chi connectivity index (χ0) is 17.8. The topological polar surface area (TPSA) is 63.1 Å². The van der Waals surface area contributed by atoms with Gasteiger partial charge in [0.05, 0.1) is 11.0 Å². The Morgan fingerprint density at radius 1 is 1.00 bits per heavy atom. The van der Waals surface area contributed by atoms with Crippen molar-refractivity contribution >= 4 is 22.9 Å². The number of amides is 1. The average Bonchev–Trinajstić information content (AvgIpc) is 3.05. The number of likely N-dealkylation sites (tertiary alicyclic amines) is 1. The molecule has 0 aliphatic carbocycles. The van der Waals surface area contributed by atoms with Crippen LogP contribution < -0.4 is 5.32 Å². The second-order valence-corrected chi connectivity index (χ2v) is 6.67. The molecule has 4 rings (SSSR count). The van der Waals surface area contributed by atoms with Crippen LogP contribution in [-0.2, 0) is 6.54 Å². The van der Waals surface area contributed by atoms with E-state index in [0.717, 1.165) is 37.2 Å². The number of piperidine rings is 1. The van der Waals surface area contributed by atoms with Crippen molar-refractivity contribution in [3.05, 3.63) is 54.4 Å². The van der Waals surface area contributed by atoms with Gasteiger partial charge in [-0.1, -0.05) is 18.6 Å². The van der Waals surface area contributed by atoms with Crippen molar-refractivity contribution in [2.24, 2.45) is 0 Å². The molecule has 1 aromatic carbocycles. The molecule has 1 aliphatic rings. The van der Waals surface area contributed by atoms with Crippen LogP contribution in [0.4, 0.5) is 5.95 Å². The number of carbonyl (C=O) groups is 1. The van der Waals surface area contributed by atoms with E-state index in [1.54, 1.807) is 24.5 Å². The minimum absolute atomic E-state index is 0.165. The van der Waals surface area contributed by atoms with Crippen LogP contribution in [0.3, 0.4) is 0 Å². The van der Waals surface area contributed by atoms with Gasteiger partial charge in [0, 0.05) is 31.0 Å². The number of anilines is 1. The van der Waals surface area contributed by atoms with Gasteiger partial charge in [0.2, 0.25) is 5.95 Å². The molecule has 1 aliphatic heterocycles. The molecule has 3 heterocycles. The van der Waals surface area contributed by atoms with E-state index in [1.165, 1.54) is 19.3 Å². The van der Waals surface area contributed by atoms with E-state index in [1.807, 2.05) is 18.2 Å². The first kappa shape index (κ1) is 16.7. The fraction of sp³-hybridized carbons (Fsp3) is 0.350. The summed E-state index contributed by atoms with van der Waals surface area (Å²) < 4.78 is 2.11. The molecule has 0 radical (unpaired) electrons. The number of nitrogens with zero attached hydrogens (tertiary/aromatic N) is 4. The molecule has 1 fully saturated rings. The minimum Gasteiger partial charge on any atom is -0.309 e. The van der Waals surface area contributed by atoms with Crippen LogP contribution in [0.5, 0.6) is 0 Å². The first-order valence-corrected chi connectivity index (χ1v) is 9.20. The largest absolute Gasteiger partial charge is 0.309 e. The maximum absolute atomic E-state index is 12.5. The molecule has 2 aromatic heterocycles. The molecular formula is C20H23N5O. The van der Waals surface area contributed by atoms with E-state index in [-0.39, 0.29) is 5.91 Å². The number of pyridine rings is 1. The predicted molar refractivity (Wildman–Crippen MR) is 102 cm³/mol. The van der Waals surface area contributed by atoms with Gasteiger partial charge in [-0.25, -0.2) is 4.98 Å². The summed E-state index contributed by atoms with van der Waals surface area (Å²) in [5, 5.41) is 2.97. The third-order valence-electron chi connectivity index (χ3n) is 4.91. The van der Waals surface area contributed by atoms with E-state index in [9.17, 15) is 4.79 Å². The van der Waals surface area contributed by atoms with Gasteiger partial charge in [-0.05, 0) is 50.2 Å². The van der Waals surface area contributed by atoms with Crippen molar-refractivity contribution in [2.45, 2.75) is 25.8 Å². The molecule has 0 bridgehead atoms. The number of benzene rings is 1. The third kappa shape index (κ3) is 3.60. The number of imidazole rings is 1. The Kier molecular flexibility index (Phi) is 4.93. The highest BCUT2D eigenvalue weighted by atomic mass is 16.1. The van der Waals surface area contributed by atoms with E-state index in [0.29, 0.717) is 11.5 Å². The highest BCUT2D eigenvalue weighted by molar-refractivity contribution is 6.04. The molecule has 1 N–H and O–H groups in total. The summed E-state index contributed by atoms with van der Waals surface area (Å²) in [7, 11) is 0. The fourth-order valence-corrected chi connectivity index (χ4v) is 3.50. The molecule has 6 heteroatoms. The van der Waals surface area contributed by atoms with Gasteiger partial charge >= 0.3 is 0 Å². The zero-order valence-corrected chi connectivity index (χ0v) is 14.8. The number of fused-ring (bicyclic) bond motifs is 1. The van der Waals surface area contributed by atoms with E-state index in [4.69, 9.17) is 0 Å². The van der Waals surface area contributed by atoms with Crippen LogP contribution in [0.25, 0.3) is 11.0 Å². The molecule has 1 saturated heterocycles. The Balaban J connectivity index is 1.57. The summed E-state index contributed by atoms with van der Waals surface area (Å²) >= 11 is 0. The lowest BCUT2D eigenvalue weighted by Gasteiger charge is -2.26. The maximum Gasteiger partial charge on any atom is 0.258 e. The van der Waals surface area contributed by atoms with Gasteiger partial charge in [-0.3, -0.25) is 15.1 Å². The quantitative estimate of drug-likeness (QED) is 0.768. The number of rotatable bonds is 5. The summed E-state index contributed by atoms with van der Waals surface area (Å²) in [6.07, 6.45) is 7.12. The van der Waals surface area contributed by atoms with Gasteiger partial charge in [0.15, 0.2) is 0 Å². The molecule has 0 spiro atoms. The first-order valence-electron chi connectivity index (χ1n) is 9.20. The Morgan fingerprint density at radius 2 is 1.77 bits per heavy atom. The average molecular weight is 349 g/mol. The molecule has 0 saturated carbocycles. The number of nitrogens with one attached hydrogen (secondary N) is 1. The monoisotopic (exact) mass is 349 g/mol. The summed E-state index contributed by atoms with van der Waals surface area (Å²) in [5.74, 6) is 0.437. The van der Waals surface area contributed by atoms with Crippen molar-refractivity contribution in [1.29, 1.82) is 0 Å². The molecular weight excluding hydrogens is 326 g/mol. The Bertz CT molecular complexity index is 884. The first-order chi connectivity index (χ1) is 12.8. The third-order valence-corrected chi connectivity index (χ3v) is 4.91. The lowest BCUT2D eigenvalue weighted by molar-refractivity contribution is 0.102. The van der Waals surface area contributed by atoms with Crippen LogP contribution in [0.15, 0.2) is 48.8 Å². The molecule has 26 heavy (non-hydrogen) atoms. The van der Waals surface area contributed by atoms with Crippen molar-refractivity contribution in [3.8, 4) is 0 Å². The maximum atomic E-state index is 12.5. The second-order valence-electron chi connectivity index (χ2n) is 6.67. The molecule has 1 amide bonds. The highest BCUT2D eigenvalue weighted by Gasteiger charge is 2.16. The fourth-order valence-electron chi connectivity index (χ4n) is 3.50. The number of carbonyl (C=O) groups excluding carboxylic acids is 1. The Morgan fingerprint density at radius 3 is 2.58 bits per heavy atom. The predicted octanol–water partition coefficient (Wildman–Crippen LogP) is 3.17. The van der Waals surface area contributed by atoms with Crippen molar-refractivity contribution < 1.29 is 4.79 Å². The minimum atomic E-state index is -0.165. The molecule has 6 nitrogen and oxygen atoms in total. The SMILES string of the molecule is O=C(Nc1nc2ccccc2n1CCN1CCCCC1)c1ccncc1. The van der Waals surface area contributed by atoms with Gasteiger partial charge in [-0.15, -0.1) is 0 Å². The molecule has 3 aromatic rings. The number of hydrogen-bond donors (Lipinski definition) is 1. The number of hydrogen-bond acceptors (Lipinski definition) is 4. The Hall–Kier alpha value is -2.73. The Labute approximate surface area is 152 Å². The van der Waals surface area contributed by atoms with Gasteiger partial charge < -0.3 is 9.47 Å². The van der Waals surface area contributed by atoms with Crippen molar-refractivity contribution in [3.63, 3.8) is 0 Å². The summed E-state index contributed by atoms with van der Waals surface area (Å²) in [6.45, 7) is 4.10. The van der Waals surface area contributed by atoms with Crippen LogP contribution in [-0.4, -0.2) is 45.0 Å². The second kappa shape index (κ2) is 7.66. The van der Waals surface area contributed by atoms with E-state index < -0.39 is 0 Å². The lowest BCUT2D eigenvalue weighted by Crippen LogP contribution is -2.32. The van der Waals surface area contributed by atoms with Gasteiger partial charge in [0.25, 0.3) is 5.91 Å². The van der Waals surface area contributed by atoms with Gasteiger partial charge in [-0.2, -0.15) is 0 Å². The standard InChI is InChI=1S/C20H23N5O/c26-19(16-8-10-21-11-9-16)23-20-22-17-6-2-3-7-18(17)25(20)15-14-24-12-4-1-5-13-24/h2-3,6-11H,1,4-5,12-15H2,(H,22,23,26). The van der Waals surface area contributed by atoms with Crippen LogP contribution >= 0.6 is 0 Å². The summed E-state index contributed by atoms with van der Waals surface area (Å²) in [5.41, 5.74) is 2.53. The molecule has 0 unspecified atom stereocenters. The van der Waals surface area contributed by atoms with Crippen molar-refractivity contribution in [1.82, 2.24) is 19.4 Å². The highest BCUT2D eigenvalue weighted by Crippen LogP contribution is 2.20. The summed E-state index contributed by atoms with van der Waals surface area (Å²) in [4.78, 5) is 23.6. The van der Waals surface area contributed by atoms with Crippen LogP contribution in [0.2, 0.25) is 0 Å². The molecule has 134 valence electrons. The van der Waals surface area contributed by atoms with Crippen molar-refractivity contribution in [2.75, 3.05) is 25.0 Å². The number of aromatic nitrogens is 3. The molecule has 0 atom stereocenters. The van der Waals surface area contributed by atoms with Crippen LogP contribution in [0, 0.1) is 0 Å². The smallest absolute Gasteiger partial charge is 0.258 e. The van der Waals surface area contributed by atoms with E-state index in [2.05, 4.69) is 30.8 Å². The zero-order valence-electron chi connectivity index (χ0n) is 14.8. The van der Waals surface area contributed by atoms with Gasteiger partial charge in [0.1, 0.15) is 0 Å². The normalized spacial score (nSPS) is 15.2.